The van der Waals surface area contributed by atoms with Crippen molar-refractivity contribution in [3.8, 4) is 0 Å². The van der Waals surface area contributed by atoms with Crippen LogP contribution in [0.3, 0.4) is 0 Å². The second-order valence-electron chi connectivity index (χ2n) is 6.34. The molecular weight excluding hydrogens is 274 g/mol. The first-order valence-electron chi connectivity index (χ1n) is 8.01. The van der Waals surface area contributed by atoms with Gasteiger partial charge >= 0.3 is 0 Å². The summed E-state index contributed by atoms with van der Waals surface area (Å²) in [6, 6.07) is 0.116. The fourth-order valence-corrected chi connectivity index (χ4v) is 4.87. The molecule has 0 spiro atoms. The van der Waals surface area contributed by atoms with Crippen molar-refractivity contribution in [2.45, 2.75) is 52.0 Å². The first-order chi connectivity index (χ1) is 9.51. The monoisotopic (exact) mass is 303 g/mol. The summed E-state index contributed by atoms with van der Waals surface area (Å²) in [7, 11) is -3.28. The molecule has 118 valence electrons. The maximum Gasteiger partial charge on any atom is 0.279 e. The lowest BCUT2D eigenvalue weighted by Gasteiger charge is -2.35. The van der Waals surface area contributed by atoms with Crippen molar-refractivity contribution < 1.29 is 8.42 Å². The minimum absolute atomic E-state index is 0.116. The van der Waals surface area contributed by atoms with E-state index in [1.807, 2.05) is 0 Å². The van der Waals surface area contributed by atoms with Crippen molar-refractivity contribution >= 4 is 10.2 Å². The van der Waals surface area contributed by atoms with Gasteiger partial charge in [0.15, 0.2) is 0 Å². The third-order valence-electron chi connectivity index (χ3n) is 4.40. The van der Waals surface area contributed by atoms with Crippen LogP contribution in [0.4, 0.5) is 0 Å². The fourth-order valence-electron chi connectivity index (χ4n) is 3.24. The summed E-state index contributed by atoms with van der Waals surface area (Å²) >= 11 is 0. The van der Waals surface area contributed by atoms with Crippen molar-refractivity contribution in [1.29, 1.82) is 0 Å². The molecule has 0 amide bonds. The van der Waals surface area contributed by atoms with E-state index in [4.69, 9.17) is 0 Å². The summed E-state index contributed by atoms with van der Waals surface area (Å²) in [5, 5.41) is 0. The quantitative estimate of drug-likeness (QED) is 0.836. The van der Waals surface area contributed by atoms with Crippen LogP contribution in [0.1, 0.15) is 46.0 Å². The zero-order valence-corrected chi connectivity index (χ0v) is 13.7. The predicted octanol–water partition coefficient (Wildman–Crippen LogP) is 1.43. The molecule has 0 aromatic heterocycles. The van der Waals surface area contributed by atoms with Crippen LogP contribution >= 0.6 is 0 Å². The Kier molecular flexibility index (Phi) is 5.84. The van der Waals surface area contributed by atoms with Crippen LogP contribution in [0.2, 0.25) is 0 Å². The highest BCUT2D eigenvalue weighted by molar-refractivity contribution is 7.87. The minimum atomic E-state index is -3.28. The molecule has 0 radical (unpaired) electrons. The molecule has 2 rings (SSSR count). The Balaban J connectivity index is 1.83. The van der Waals surface area contributed by atoms with Crippen LogP contribution in [-0.2, 0) is 10.2 Å². The van der Waals surface area contributed by atoms with Gasteiger partial charge in [0.25, 0.3) is 10.2 Å². The van der Waals surface area contributed by atoms with Crippen molar-refractivity contribution in [1.82, 2.24) is 13.9 Å². The van der Waals surface area contributed by atoms with Crippen LogP contribution in [0, 0.1) is 5.92 Å². The Labute approximate surface area is 123 Å². The molecular formula is C14H29N3O2S. The molecule has 2 fully saturated rings. The smallest absolute Gasteiger partial charge is 0.279 e. The Bertz CT molecular complexity index is 391. The maximum absolute atomic E-state index is 12.4. The van der Waals surface area contributed by atoms with Gasteiger partial charge in [-0.15, -0.1) is 0 Å². The molecule has 2 aliphatic rings. The van der Waals surface area contributed by atoms with Crippen LogP contribution in [0.5, 0.6) is 0 Å². The highest BCUT2D eigenvalue weighted by Crippen LogP contribution is 2.19. The summed E-state index contributed by atoms with van der Waals surface area (Å²) < 4.78 is 29.4. The molecule has 2 heterocycles. The van der Waals surface area contributed by atoms with Crippen molar-refractivity contribution in [3.63, 3.8) is 0 Å². The lowest BCUT2D eigenvalue weighted by atomic mass is 10.0. The summed E-state index contributed by atoms with van der Waals surface area (Å²) in [4.78, 5) is 2.42. The van der Waals surface area contributed by atoms with E-state index in [1.54, 1.807) is 4.31 Å². The molecule has 0 aromatic rings. The Morgan fingerprint density at radius 3 is 2.45 bits per heavy atom. The van der Waals surface area contributed by atoms with Crippen molar-refractivity contribution in [2.24, 2.45) is 5.92 Å². The van der Waals surface area contributed by atoms with E-state index in [1.165, 1.54) is 6.42 Å². The van der Waals surface area contributed by atoms with Gasteiger partial charge in [0.05, 0.1) is 0 Å². The Morgan fingerprint density at radius 2 is 1.85 bits per heavy atom. The Hall–Kier alpha value is -0.170. The average molecular weight is 303 g/mol. The topological polar surface area (TPSA) is 52.7 Å². The van der Waals surface area contributed by atoms with Gasteiger partial charge in [-0.2, -0.15) is 17.4 Å². The summed E-state index contributed by atoms with van der Waals surface area (Å²) in [5.41, 5.74) is 0. The molecule has 2 saturated heterocycles. The average Bonchev–Trinajstić information content (AvgIpc) is 2.41. The predicted molar refractivity (Wildman–Crippen MR) is 81.8 cm³/mol. The molecule has 0 unspecified atom stereocenters. The van der Waals surface area contributed by atoms with E-state index in [2.05, 4.69) is 23.5 Å². The molecule has 1 N–H and O–H groups in total. The molecule has 0 saturated carbocycles. The van der Waals surface area contributed by atoms with Gasteiger partial charge in [-0.1, -0.05) is 13.8 Å². The minimum Gasteiger partial charge on any atom is -0.303 e. The second-order valence-corrected chi connectivity index (χ2v) is 8.05. The number of hydrogen-bond acceptors (Lipinski definition) is 3. The van der Waals surface area contributed by atoms with E-state index in [-0.39, 0.29) is 6.04 Å². The SMILES string of the molecule is CCCN1CCC(NS(=O)(=O)N2CCC[C@@H](C)C2)CC1. The van der Waals surface area contributed by atoms with Gasteiger partial charge in [0.1, 0.15) is 0 Å². The lowest BCUT2D eigenvalue weighted by Crippen LogP contribution is -2.51. The molecule has 0 aromatic carbocycles. The van der Waals surface area contributed by atoms with Gasteiger partial charge in [0.2, 0.25) is 0 Å². The van der Waals surface area contributed by atoms with Gasteiger partial charge in [0, 0.05) is 19.1 Å². The molecule has 0 bridgehead atoms. The normalized spacial score (nSPS) is 27.8. The molecule has 0 aliphatic carbocycles. The van der Waals surface area contributed by atoms with Gasteiger partial charge < -0.3 is 4.90 Å². The van der Waals surface area contributed by atoms with Gasteiger partial charge in [-0.25, -0.2) is 0 Å². The van der Waals surface area contributed by atoms with E-state index in [9.17, 15) is 8.42 Å². The first kappa shape index (κ1) is 16.2. The van der Waals surface area contributed by atoms with E-state index in [0.717, 1.165) is 45.3 Å². The summed E-state index contributed by atoms with van der Waals surface area (Å²) in [5.74, 6) is 0.478. The first-order valence-corrected chi connectivity index (χ1v) is 9.45. The zero-order valence-electron chi connectivity index (χ0n) is 12.8. The van der Waals surface area contributed by atoms with E-state index < -0.39 is 10.2 Å². The van der Waals surface area contributed by atoms with Crippen LogP contribution in [-0.4, -0.2) is 56.4 Å². The fraction of sp³-hybridized carbons (Fsp3) is 1.00. The molecule has 5 nitrogen and oxygen atoms in total. The second kappa shape index (κ2) is 7.20. The van der Waals surface area contributed by atoms with Gasteiger partial charge in [-0.05, 0) is 57.7 Å². The van der Waals surface area contributed by atoms with Crippen LogP contribution in [0.25, 0.3) is 0 Å². The number of rotatable bonds is 5. The summed E-state index contributed by atoms with van der Waals surface area (Å²) in [6.45, 7) is 8.81. The third-order valence-corrected chi connectivity index (χ3v) is 6.05. The number of nitrogens with zero attached hydrogens (tertiary/aromatic N) is 2. The highest BCUT2D eigenvalue weighted by atomic mass is 32.2. The summed E-state index contributed by atoms with van der Waals surface area (Å²) in [6.07, 6.45) is 5.16. The number of likely N-dealkylation sites (tertiary alicyclic amines) is 1. The molecule has 1 atom stereocenters. The molecule has 20 heavy (non-hydrogen) atoms. The van der Waals surface area contributed by atoms with Gasteiger partial charge in [-0.3, -0.25) is 0 Å². The molecule has 6 heteroatoms. The molecule has 2 aliphatic heterocycles. The van der Waals surface area contributed by atoms with E-state index >= 15 is 0 Å². The largest absolute Gasteiger partial charge is 0.303 e. The standard InChI is InChI=1S/C14H29N3O2S/c1-3-8-16-10-6-14(7-11-16)15-20(18,19)17-9-4-5-13(2)12-17/h13-15H,3-12H2,1-2H3/t13-/m1/s1. The highest BCUT2D eigenvalue weighted by Gasteiger charge is 2.30. The van der Waals surface area contributed by atoms with Crippen molar-refractivity contribution in [3.05, 3.63) is 0 Å². The number of piperidine rings is 2. The van der Waals surface area contributed by atoms with Crippen LogP contribution < -0.4 is 4.72 Å². The Morgan fingerprint density at radius 1 is 1.15 bits per heavy atom. The number of hydrogen-bond donors (Lipinski definition) is 1. The zero-order chi connectivity index (χ0) is 14.6. The number of nitrogens with one attached hydrogen (secondary N) is 1. The van der Waals surface area contributed by atoms with Crippen LogP contribution in [0.15, 0.2) is 0 Å². The van der Waals surface area contributed by atoms with E-state index in [0.29, 0.717) is 19.0 Å². The maximum atomic E-state index is 12.4. The third kappa shape index (κ3) is 4.41. The lowest BCUT2D eigenvalue weighted by molar-refractivity contribution is 0.204. The van der Waals surface area contributed by atoms with Crippen molar-refractivity contribution in [2.75, 3.05) is 32.7 Å².